The Kier molecular flexibility index (Phi) is 4.45. The topological polar surface area (TPSA) is 17.1 Å². The Morgan fingerprint density at radius 1 is 1.11 bits per heavy atom. The zero-order valence-corrected chi connectivity index (χ0v) is 11.0. The van der Waals surface area contributed by atoms with Crippen molar-refractivity contribution in [1.29, 1.82) is 0 Å². The monoisotopic (exact) mass is 256 g/mol. The fourth-order valence-electron chi connectivity index (χ4n) is 2.07. The first-order valence-corrected chi connectivity index (χ1v) is 6.58. The molecule has 0 heterocycles. The Hall–Kier alpha value is -1.96. The van der Waals surface area contributed by atoms with Gasteiger partial charge in [0.2, 0.25) is 0 Å². The summed E-state index contributed by atoms with van der Waals surface area (Å²) in [5.74, 6) is -0.356. The van der Waals surface area contributed by atoms with Crippen molar-refractivity contribution >= 4 is 6.29 Å². The Labute approximate surface area is 113 Å². The van der Waals surface area contributed by atoms with Gasteiger partial charge < -0.3 is 0 Å². The van der Waals surface area contributed by atoms with Crippen LogP contribution in [0.25, 0.3) is 11.1 Å². The third-order valence-electron chi connectivity index (χ3n) is 3.21. The highest BCUT2D eigenvalue weighted by molar-refractivity contribution is 5.77. The number of halogens is 1. The molecule has 0 spiro atoms. The minimum atomic E-state index is -0.356. The summed E-state index contributed by atoms with van der Waals surface area (Å²) in [7, 11) is 0. The van der Waals surface area contributed by atoms with Crippen LogP contribution in [0.3, 0.4) is 0 Å². The highest BCUT2D eigenvalue weighted by Crippen LogP contribution is 2.24. The van der Waals surface area contributed by atoms with Gasteiger partial charge in [0.1, 0.15) is 12.1 Å². The molecule has 0 unspecified atom stereocenters. The number of rotatable bonds is 5. The highest BCUT2D eigenvalue weighted by atomic mass is 19.1. The molecular weight excluding hydrogens is 239 g/mol. The van der Waals surface area contributed by atoms with Crippen molar-refractivity contribution in [2.24, 2.45) is 0 Å². The van der Waals surface area contributed by atoms with Crippen molar-refractivity contribution in [3.05, 3.63) is 59.4 Å². The van der Waals surface area contributed by atoms with Crippen LogP contribution >= 0.6 is 0 Å². The molecule has 2 aromatic rings. The van der Waals surface area contributed by atoms with Gasteiger partial charge in [0.25, 0.3) is 0 Å². The molecule has 0 aliphatic heterocycles. The van der Waals surface area contributed by atoms with E-state index in [1.807, 2.05) is 24.3 Å². The Morgan fingerprint density at radius 3 is 2.42 bits per heavy atom. The number of aryl methyl sites for hydroxylation is 1. The minimum absolute atomic E-state index is 0.356. The fourth-order valence-corrected chi connectivity index (χ4v) is 2.07. The maximum absolute atomic E-state index is 13.9. The molecule has 2 rings (SSSR count). The highest BCUT2D eigenvalue weighted by Gasteiger charge is 2.06. The van der Waals surface area contributed by atoms with Crippen LogP contribution in [0.15, 0.2) is 42.5 Å². The Balaban J connectivity index is 2.24. The number of aldehydes is 1. The van der Waals surface area contributed by atoms with E-state index >= 15 is 0 Å². The molecule has 0 amide bonds. The van der Waals surface area contributed by atoms with E-state index in [4.69, 9.17) is 0 Å². The van der Waals surface area contributed by atoms with E-state index in [1.54, 1.807) is 12.1 Å². The van der Waals surface area contributed by atoms with E-state index < -0.39 is 0 Å². The van der Waals surface area contributed by atoms with Crippen LogP contribution in [0.2, 0.25) is 0 Å². The molecular formula is C17H17FO. The van der Waals surface area contributed by atoms with E-state index in [9.17, 15) is 9.18 Å². The average molecular weight is 256 g/mol. The lowest BCUT2D eigenvalue weighted by atomic mass is 10.0. The number of hydrogen-bond donors (Lipinski definition) is 0. The molecule has 19 heavy (non-hydrogen) atoms. The molecule has 0 fully saturated rings. The van der Waals surface area contributed by atoms with Crippen LogP contribution in [0.5, 0.6) is 0 Å². The van der Waals surface area contributed by atoms with Crippen molar-refractivity contribution < 1.29 is 9.18 Å². The van der Waals surface area contributed by atoms with Gasteiger partial charge in [-0.2, -0.15) is 0 Å². The standard InChI is InChI=1S/C17H17FO/c1-2-3-4-13-5-8-15(9-6-13)16-10-7-14(12-19)11-17(16)18/h5-12H,2-4H2,1H3. The first-order chi connectivity index (χ1) is 9.24. The summed E-state index contributed by atoms with van der Waals surface area (Å²) in [5, 5.41) is 0. The van der Waals surface area contributed by atoms with Crippen molar-refractivity contribution in [1.82, 2.24) is 0 Å². The van der Waals surface area contributed by atoms with Crippen LogP contribution in [-0.4, -0.2) is 6.29 Å². The van der Waals surface area contributed by atoms with Gasteiger partial charge in [-0.15, -0.1) is 0 Å². The van der Waals surface area contributed by atoms with Crippen LogP contribution < -0.4 is 0 Å². The quantitative estimate of drug-likeness (QED) is 0.712. The van der Waals surface area contributed by atoms with Crippen LogP contribution in [-0.2, 0) is 6.42 Å². The first kappa shape index (κ1) is 13.5. The Bertz CT molecular complexity index is 558. The second kappa shape index (κ2) is 6.28. The normalized spacial score (nSPS) is 10.4. The van der Waals surface area contributed by atoms with Crippen molar-refractivity contribution in [2.45, 2.75) is 26.2 Å². The van der Waals surface area contributed by atoms with E-state index in [1.165, 1.54) is 24.5 Å². The third kappa shape index (κ3) is 3.28. The molecule has 0 saturated heterocycles. The van der Waals surface area contributed by atoms with Crippen LogP contribution in [0, 0.1) is 5.82 Å². The molecule has 2 heteroatoms. The molecule has 1 nitrogen and oxygen atoms in total. The smallest absolute Gasteiger partial charge is 0.150 e. The number of unbranched alkanes of at least 4 members (excludes halogenated alkanes) is 1. The largest absolute Gasteiger partial charge is 0.298 e. The molecule has 0 N–H and O–H groups in total. The average Bonchev–Trinajstić information content (AvgIpc) is 2.45. The van der Waals surface area contributed by atoms with Gasteiger partial charge in [0.15, 0.2) is 0 Å². The lowest BCUT2D eigenvalue weighted by Gasteiger charge is -2.06. The molecule has 0 atom stereocenters. The maximum Gasteiger partial charge on any atom is 0.150 e. The predicted octanol–water partition coefficient (Wildman–Crippen LogP) is 4.65. The summed E-state index contributed by atoms with van der Waals surface area (Å²) in [5.41, 5.74) is 3.01. The molecule has 98 valence electrons. The zero-order chi connectivity index (χ0) is 13.7. The van der Waals surface area contributed by atoms with Crippen molar-refractivity contribution in [2.75, 3.05) is 0 Å². The summed E-state index contributed by atoms with van der Waals surface area (Å²) in [6, 6.07) is 12.5. The van der Waals surface area contributed by atoms with E-state index in [0.717, 1.165) is 12.0 Å². The molecule has 0 radical (unpaired) electrons. The lowest BCUT2D eigenvalue weighted by molar-refractivity contribution is 0.112. The molecule has 0 aliphatic carbocycles. The number of carbonyl (C=O) groups excluding carboxylic acids is 1. The summed E-state index contributed by atoms with van der Waals surface area (Å²) < 4.78 is 13.9. The lowest BCUT2D eigenvalue weighted by Crippen LogP contribution is -1.89. The SMILES string of the molecule is CCCCc1ccc(-c2ccc(C=O)cc2F)cc1. The van der Waals surface area contributed by atoms with E-state index in [0.29, 0.717) is 17.4 Å². The molecule has 0 aromatic heterocycles. The van der Waals surface area contributed by atoms with Gasteiger partial charge in [-0.05, 0) is 30.0 Å². The summed E-state index contributed by atoms with van der Waals surface area (Å²) >= 11 is 0. The Morgan fingerprint density at radius 2 is 1.84 bits per heavy atom. The van der Waals surface area contributed by atoms with Gasteiger partial charge in [-0.1, -0.05) is 49.7 Å². The minimum Gasteiger partial charge on any atom is -0.298 e. The fraction of sp³-hybridized carbons (Fsp3) is 0.235. The second-order valence-electron chi connectivity index (χ2n) is 4.66. The van der Waals surface area contributed by atoms with E-state index in [2.05, 4.69) is 6.92 Å². The molecule has 0 aliphatic rings. The van der Waals surface area contributed by atoms with Gasteiger partial charge in [-0.25, -0.2) is 4.39 Å². The maximum atomic E-state index is 13.9. The van der Waals surface area contributed by atoms with Gasteiger partial charge in [-0.3, -0.25) is 4.79 Å². The summed E-state index contributed by atoms with van der Waals surface area (Å²) in [4.78, 5) is 10.6. The molecule has 0 bridgehead atoms. The number of hydrogen-bond acceptors (Lipinski definition) is 1. The van der Waals surface area contributed by atoms with Gasteiger partial charge in [0.05, 0.1) is 0 Å². The third-order valence-corrected chi connectivity index (χ3v) is 3.21. The van der Waals surface area contributed by atoms with Gasteiger partial charge in [0, 0.05) is 11.1 Å². The van der Waals surface area contributed by atoms with E-state index in [-0.39, 0.29) is 5.82 Å². The van der Waals surface area contributed by atoms with Crippen LogP contribution in [0.4, 0.5) is 4.39 Å². The van der Waals surface area contributed by atoms with Crippen molar-refractivity contribution in [3.8, 4) is 11.1 Å². The zero-order valence-electron chi connectivity index (χ0n) is 11.0. The van der Waals surface area contributed by atoms with Gasteiger partial charge >= 0.3 is 0 Å². The molecule has 2 aromatic carbocycles. The first-order valence-electron chi connectivity index (χ1n) is 6.58. The number of carbonyl (C=O) groups is 1. The second-order valence-corrected chi connectivity index (χ2v) is 4.66. The predicted molar refractivity (Wildman–Crippen MR) is 75.8 cm³/mol. The summed E-state index contributed by atoms with van der Waals surface area (Å²) in [6.07, 6.45) is 4.05. The molecule has 0 saturated carbocycles. The number of benzene rings is 2. The van der Waals surface area contributed by atoms with Crippen molar-refractivity contribution in [3.63, 3.8) is 0 Å². The van der Waals surface area contributed by atoms with Crippen LogP contribution in [0.1, 0.15) is 35.7 Å². The summed E-state index contributed by atoms with van der Waals surface area (Å²) in [6.45, 7) is 2.17.